The molecule has 1 aromatic carbocycles. The third-order valence-electron chi connectivity index (χ3n) is 3.40. The molecule has 0 aliphatic rings. The summed E-state index contributed by atoms with van der Waals surface area (Å²) in [4.78, 5) is 14.4. The van der Waals surface area contributed by atoms with Gasteiger partial charge < -0.3 is 15.4 Å². The van der Waals surface area contributed by atoms with Gasteiger partial charge in [0.05, 0.1) is 12.0 Å². The number of benzene rings is 1. The van der Waals surface area contributed by atoms with Crippen LogP contribution in [0, 0.1) is 0 Å². The fraction of sp³-hybridized carbons (Fsp3) is 0.533. The summed E-state index contributed by atoms with van der Waals surface area (Å²) in [7, 11) is 1.64. The second kappa shape index (κ2) is 6.57. The first-order chi connectivity index (χ1) is 8.93. The second-order valence-corrected chi connectivity index (χ2v) is 5.12. The van der Waals surface area contributed by atoms with E-state index in [1.165, 1.54) is 0 Å². The van der Waals surface area contributed by atoms with Crippen LogP contribution in [0.4, 0.5) is 5.69 Å². The normalized spacial score (nSPS) is 11.4. The standard InChI is InChI=1S/C15H24N2O2/c1-5-17(10-11-19-4)14(18)15(2,3)12-6-8-13(16)9-7-12/h6-9H,5,10-11,16H2,1-4H3. The highest BCUT2D eigenvalue weighted by Crippen LogP contribution is 2.26. The Morgan fingerprint density at radius 1 is 1.32 bits per heavy atom. The van der Waals surface area contributed by atoms with Gasteiger partial charge in [-0.3, -0.25) is 4.79 Å². The van der Waals surface area contributed by atoms with Gasteiger partial charge in [-0.2, -0.15) is 0 Å². The van der Waals surface area contributed by atoms with E-state index in [2.05, 4.69) is 0 Å². The summed E-state index contributed by atoms with van der Waals surface area (Å²) >= 11 is 0. The summed E-state index contributed by atoms with van der Waals surface area (Å²) in [6.07, 6.45) is 0. The van der Waals surface area contributed by atoms with Gasteiger partial charge in [-0.1, -0.05) is 12.1 Å². The van der Waals surface area contributed by atoms with Gasteiger partial charge in [-0.15, -0.1) is 0 Å². The summed E-state index contributed by atoms with van der Waals surface area (Å²) in [5, 5.41) is 0. The molecule has 1 rings (SSSR count). The van der Waals surface area contributed by atoms with Gasteiger partial charge in [0.1, 0.15) is 0 Å². The number of carbonyl (C=O) groups excluding carboxylic acids is 1. The fourth-order valence-corrected chi connectivity index (χ4v) is 2.02. The predicted octanol–water partition coefficient (Wildman–Crippen LogP) is 2.04. The molecule has 0 fully saturated rings. The number of nitrogens with zero attached hydrogens (tertiary/aromatic N) is 1. The minimum atomic E-state index is -0.558. The van der Waals surface area contributed by atoms with Crippen LogP contribution in [0.3, 0.4) is 0 Å². The van der Waals surface area contributed by atoms with Crippen molar-refractivity contribution in [3.8, 4) is 0 Å². The Bertz CT molecular complexity index is 413. The molecule has 1 amide bonds. The molecular formula is C15H24N2O2. The molecule has 2 N–H and O–H groups in total. The number of nitrogen functional groups attached to an aromatic ring is 1. The zero-order chi connectivity index (χ0) is 14.5. The van der Waals surface area contributed by atoms with Crippen LogP contribution in [0.1, 0.15) is 26.3 Å². The van der Waals surface area contributed by atoms with Crippen molar-refractivity contribution in [2.45, 2.75) is 26.2 Å². The molecule has 0 spiro atoms. The quantitative estimate of drug-likeness (QED) is 0.800. The van der Waals surface area contributed by atoms with Crippen LogP contribution >= 0.6 is 0 Å². The predicted molar refractivity (Wildman–Crippen MR) is 78.0 cm³/mol. The molecule has 0 aliphatic carbocycles. The summed E-state index contributed by atoms with van der Waals surface area (Å²) in [6, 6.07) is 7.49. The molecule has 0 heterocycles. The lowest BCUT2D eigenvalue weighted by Gasteiger charge is -2.31. The van der Waals surface area contributed by atoms with E-state index in [-0.39, 0.29) is 5.91 Å². The topological polar surface area (TPSA) is 55.6 Å². The van der Waals surface area contributed by atoms with Crippen LogP contribution in [-0.4, -0.2) is 37.6 Å². The monoisotopic (exact) mass is 264 g/mol. The number of ether oxygens (including phenoxy) is 1. The number of hydrogen-bond acceptors (Lipinski definition) is 3. The minimum Gasteiger partial charge on any atom is -0.399 e. The molecule has 4 heteroatoms. The maximum atomic E-state index is 12.6. The van der Waals surface area contributed by atoms with Crippen molar-refractivity contribution < 1.29 is 9.53 Å². The Morgan fingerprint density at radius 2 is 1.89 bits per heavy atom. The van der Waals surface area contributed by atoms with E-state index in [1.54, 1.807) is 7.11 Å². The highest BCUT2D eigenvalue weighted by molar-refractivity contribution is 5.87. The third kappa shape index (κ3) is 3.70. The molecule has 0 radical (unpaired) electrons. The number of amides is 1. The summed E-state index contributed by atoms with van der Waals surface area (Å²) in [5.41, 5.74) is 6.81. The molecule has 0 saturated carbocycles. The Morgan fingerprint density at radius 3 is 2.37 bits per heavy atom. The molecule has 0 unspecified atom stereocenters. The van der Waals surface area contributed by atoms with Crippen LogP contribution in [0.2, 0.25) is 0 Å². The van der Waals surface area contributed by atoms with Crippen LogP contribution in [-0.2, 0) is 14.9 Å². The number of hydrogen-bond donors (Lipinski definition) is 1. The van der Waals surface area contributed by atoms with Crippen molar-refractivity contribution in [3.63, 3.8) is 0 Å². The lowest BCUT2D eigenvalue weighted by atomic mass is 9.83. The van der Waals surface area contributed by atoms with Crippen LogP contribution < -0.4 is 5.73 Å². The van der Waals surface area contributed by atoms with E-state index in [0.29, 0.717) is 25.4 Å². The summed E-state index contributed by atoms with van der Waals surface area (Å²) < 4.78 is 5.05. The zero-order valence-corrected chi connectivity index (χ0v) is 12.3. The van der Waals surface area contributed by atoms with Gasteiger partial charge in [-0.25, -0.2) is 0 Å². The Balaban J connectivity index is 2.90. The first-order valence-corrected chi connectivity index (χ1v) is 6.57. The molecule has 4 nitrogen and oxygen atoms in total. The number of methoxy groups -OCH3 is 1. The van der Waals surface area contributed by atoms with E-state index < -0.39 is 5.41 Å². The molecule has 0 bridgehead atoms. The van der Waals surface area contributed by atoms with Gasteiger partial charge in [0.2, 0.25) is 5.91 Å². The molecule has 0 saturated heterocycles. The summed E-state index contributed by atoms with van der Waals surface area (Å²) in [5.74, 6) is 0.108. The van der Waals surface area contributed by atoms with E-state index in [0.717, 1.165) is 5.56 Å². The summed E-state index contributed by atoms with van der Waals surface area (Å²) in [6.45, 7) is 7.71. The lowest BCUT2D eigenvalue weighted by Crippen LogP contribution is -2.44. The zero-order valence-electron chi connectivity index (χ0n) is 12.3. The number of anilines is 1. The van der Waals surface area contributed by atoms with Gasteiger partial charge in [0.15, 0.2) is 0 Å². The van der Waals surface area contributed by atoms with E-state index in [4.69, 9.17) is 10.5 Å². The Kier molecular flexibility index (Phi) is 5.36. The van der Waals surface area contributed by atoms with E-state index >= 15 is 0 Å². The lowest BCUT2D eigenvalue weighted by molar-refractivity contribution is -0.136. The SMILES string of the molecule is CCN(CCOC)C(=O)C(C)(C)c1ccc(N)cc1. The largest absolute Gasteiger partial charge is 0.399 e. The average Bonchev–Trinajstić information content (AvgIpc) is 2.39. The number of rotatable bonds is 6. The first-order valence-electron chi connectivity index (χ1n) is 6.57. The molecule has 0 atom stereocenters. The van der Waals surface area contributed by atoms with Gasteiger partial charge >= 0.3 is 0 Å². The van der Waals surface area contributed by atoms with Crippen LogP contribution in [0.5, 0.6) is 0 Å². The van der Waals surface area contributed by atoms with Crippen molar-refractivity contribution in [2.24, 2.45) is 0 Å². The van der Waals surface area contributed by atoms with Gasteiger partial charge in [-0.05, 0) is 38.5 Å². The Labute approximate surface area is 115 Å². The number of nitrogens with two attached hydrogens (primary N) is 1. The number of likely N-dealkylation sites (N-methyl/N-ethyl adjacent to an activating group) is 1. The minimum absolute atomic E-state index is 0.108. The maximum Gasteiger partial charge on any atom is 0.232 e. The van der Waals surface area contributed by atoms with E-state index in [9.17, 15) is 4.79 Å². The first kappa shape index (κ1) is 15.5. The van der Waals surface area contributed by atoms with Gasteiger partial charge in [0, 0.05) is 25.9 Å². The molecule has 19 heavy (non-hydrogen) atoms. The van der Waals surface area contributed by atoms with Crippen molar-refractivity contribution in [1.82, 2.24) is 4.90 Å². The molecule has 106 valence electrons. The Hall–Kier alpha value is -1.55. The molecule has 1 aromatic rings. The molecule has 0 aromatic heterocycles. The fourth-order valence-electron chi connectivity index (χ4n) is 2.02. The highest BCUT2D eigenvalue weighted by atomic mass is 16.5. The van der Waals surface area contributed by atoms with Crippen molar-refractivity contribution in [1.29, 1.82) is 0 Å². The van der Waals surface area contributed by atoms with Crippen molar-refractivity contribution in [2.75, 3.05) is 32.5 Å². The molecule has 0 aliphatic heterocycles. The van der Waals surface area contributed by atoms with Crippen LogP contribution in [0.25, 0.3) is 0 Å². The third-order valence-corrected chi connectivity index (χ3v) is 3.40. The maximum absolute atomic E-state index is 12.6. The van der Waals surface area contributed by atoms with Gasteiger partial charge in [0.25, 0.3) is 0 Å². The van der Waals surface area contributed by atoms with E-state index in [1.807, 2.05) is 49.9 Å². The van der Waals surface area contributed by atoms with Crippen LogP contribution in [0.15, 0.2) is 24.3 Å². The average molecular weight is 264 g/mol. The number of carbonyl (C=O) groups is 1. The molecular weight excluding hydrogens is 240 g/mol. The highest BCUT2D eigenvalue weighted by Gasteiger charge is 2.32. The van der Waals surface area contributed by atoms with Crippen molar-refractivity contribution in [3.05, 3.63) is 29.8 Å². The second-order valence-electron chi connectivity index (χ2n) is 5.12. The van der Waals surface area contributed by atoms with Crippen molar-refractivity contribution >= 4 is 11.6 Å². The smallest absolute Gasteiger partial charge is 0.232 e.